The van der Waals surface area contributed by atoms with E-state index in [1.807, 2.05) is 30.5 Å². The highest BCUT2D eigenvalue weighted by molar-refractivity contribution is 7.14. The van der Waals surface area contributed by atoms with Gasteiger partial charge in [-0.3, -0.25) is 4.79 Å². The van der Waals surface area contributed by atoms with Gasteiger partial charge in [0.2, 0.25) is 0 Å². The van der Waals surface area contributed by atoms with E-state index in [1.165, 1.54) is 22.7 Å². The number of hydrogen-bond acceptors (Lipinski definition) is 6. The molecule has 0 saturated heterocycles. The normalized spacial score (nSPS) is 11.5. The summed E-state index contributed by atoms with van der Waals surface area (Å²) >= 11 is 2.69. The van der Waals surface area contributed by atoms with Crippen LogP contribution in [0.3, 0.4) is 0 Å². The zero-order valence-corrected chi connectivity index (χ0v) is 14.3. The molecule has 0 spiro atoms. The Morgan fingerprint density at radius 2 is 1.92 bits per heavy atom. The number of rotatable bonds is 4. The summed E-state index contributed by atoms with van der Waals surface area (Å²) < 4.78 is 0. The van der Waals surface area contributed by atoms with E-state index in [2.05, 4.69) is 17.1 Å². The maximum absolute atomic E-state index is 12.5. The van der Waals surface area contributed by atoms with Gasteiger partial charge in [-0.15, -0.1) is 22.7 Å². The van der Waals surface area contributed by atoms with Gasteiger partial charge in [0.05, 0.1) is 28.3 Å². The average Bonchev–Trinajstić information content (AvgIpc) is 3.25. The van der Waals surface area contributed by atoms with E-state index in [4.69, 9.17) is 5.26 Å². The molecule has 4 nitrogen and oxygen atoms in total. The molecule has 0 aliphatic carbocycles. The van der Waals surface area contributed by atoms with Crippen molar-refractivity contribution in [2.75, 3.05) is 0 Å². The van der Waals surface area contributed by atoms with Crippen LogP contribution in [0.1, 0.15) is 31.0 Å². The number of thiazole rings is 1. The van der Waals surface area contributed by atoms with E-state index in [0.717, 1.165) is 10.4 Å². The predicted octanol–water partition coefficient (Wildman–Crippen LogP) is 4.54. The molecular formula is C18H11N3OS2. The van der Waals surface area contributed by atoms with Crippen LogP contribution in [-0.2, 0) is 0 Å². The van der Waals surface area contributed by atoms with E-state index in [-0.39, 0.29) is 5.78 Å². The Morgan fingerprint density at radius 3 is 2.50 bits per heavy atom. The number of carbonyl (C=O) groups is 1. The number of Topliss-reactive ketones (excluding diaryl/α,β-unsaturated/α-hetero) is 1. The van der Waals surface area contributed by atoms with Crippen LogP contribution in [0.15, 0.2) is 41.8 Å². The van der Waals surface area contributed by atoms with Gasteiger partial charge in [0.1, 0.15) is 5.01 Å². The lowest BCUT2D eigenvalue weighted by Gasteiger charge is -2.02. The van der Waals surface area contributed by atoms with Crippen LogP contribution >= 0.6 is 22.7 Å². The van der Waals surface area contributed by atoms with Gasteiger partial charge in [-0.05, 0) is 31.2 Å². The van der Waals surface area contributed by atoms with Crippen molar-refractivity contribution in [1.82, 2.24) is 4.98 Å². The van der Waals surface area contributed by atoms with E-state index < -0.39 is 5.92 Å². The molecule has 24 heavy (non-hydrogen) atoms. The smallest absolute Gasteiger partial charge is 0.196 e. The summed E-state index contributed by atoms with van der Waals surface area (Å²) in [4.78, 5) is 18.6. The maximum Gasteiger partial charge on any atom is 0.196 e. The monoisotopic (exact) mass is 349 g/mol. The summed E-state index contributed by atoms with van der Waals surface area (Å²) in [5.41, 5.74) is 2.13. The number of benzene rings is 1. The van der Waals surface area contributed by atoms with Crippen LogP contribution in [0.25, 0.3) is 11.3 Å². The lowest BCUT2D eigenvalue weighted by Crippen LogP contribution is -2.09. The van der Waals surface area contributed by atoms with Gasteiger partial charge in [0, 0.05) is 15.8 Å². The number of aryl methyl sites for hydroxylation is 1. The van der Waals surface area contributed by atoms with Crippen LogP contribution in [0.2, 0.25) is 0 Å². The van der Waals surface area contributed by atoms with Crippen molar-refractivity contribution in [3.05, 3.63) is 62.1 Å². The zero-order valence-electron chi connectivity index (χ0n) is 12.7. The summed E-state index contributed by atoms with van der Waals surface area (Å²) in [6.07, 6.45) is 0. The van der Waals surface area contributed by atoms with Gasteiger partial charge < -0.3 is 0 Å². The van der Waals surface area contributed by atoms with Crippen molar-refractivity contribution >= 4 is 28.5 Å². The first-order chi connectivity index (χ1) is 11.6. The molecule has 1 aromatic carbocycles. The van der Waals surface area contributed by atoms with Crippen molar-refractivity contribution in [3.63, 3.8) is 0 Å². The Bertz CT molecular complexity index is 971. The van der Waals surface area contributed by atoms with Crippen molar-refractivity contribution in [1.29, 1.82) is 10.5 Å². The van der Waals surface area contributed by atoms with Gasteiger partial charge >= 0.3 is 0 Å². The number of carbonyl (C=O) groups excluding carboxylic acids is 1. The second-order valence-corrected chi connectivity index (χ2v) is 7.27. The number of ketones is 1. The lowest BCUT2D eigenvalue weighted by molar-refractivity contribution is 0.0982. The van der Waals surface area contributed by atoms with E-state index >= 15 is 0 Å². The number of hydrogen-bond donors (Lipinski definition) is 0. The van der Waals surface area contributed by atoms with Crippen molar-refractivity contribution in [3.8, 4) is 23.4 Å². The summed E-state index contributed by atoms with van der Waals surface area (Å²) in [5, 5.41) is 20.6. The molecule has 2 heterocycles. The fourth-order valence-corrected chi connectivity index (χ4v) is 3.91. The average molecular weight is 349 g/mol. The Morgan fingerprint density at radius 1 is 1.17 bits per heavy atom. The first-order valence-electron chi connectivity index (χ1n) is 7.08. The summed E-state index contributed by atoms with van der Waals surface area (Å²) in [6, 6.07) is 14.8. The molecule has 0 amide bonds. The van der Waals surface area contributed by atoms with Crippen molar-refractivity contribution in [2.45, 2.75) is 12.8 Å². The number of nitriles is 2. The third-order valence-electron chi connectivity index (χ3n) is 3.45. The minimum Gasteiger partial charge on any atom is -0.291 e. The number of aromatic nitrogens is 1. The quantitative estimate of drug-likeness (QED) is 0.648. The third-order valence-corrected chi connectivity index (χ3v) is 5.38. The fourth-order valence-electron chi connectivity index (χ4n) is 2.20. The molecule has 0 aliphatic rings. The van der Waals surface area contributed by atoms with Crippen molar-refractivity contribution in [2.24, 2.45) is 0 Å². The molecule has 0 bridgehead atoms. The molecule has 116 valence electrons. The van der Waals surface area contributed by atoms with E-state index in [0.29, 0.717) is 21.1 Å². The highest BCUT2D eigenvalue weighted by Gasteiger charge is 2.26. The van der Waals surface area contributed by atoms with Crippen LogP contribution < -0.4 is 0 Å². The Balaban J connectivity index is 1.89. The van der Waals surface area contributed by atoms with Gasteiger partial charge in [-0.1, -0.05) is 12.1 Å². The Hall–Kier alpha value is -2.80. The first kappa shape index (κ1) is 16.1. The maximum atomic E-state index is 12.5. The molecule has 0 fully saturated rings. The molecule has 0 aliphatic heterocycles. The topological polar surface area (TPSA) is 77.5 Å². The summed E-state index contributed by atoms with van der Waals surface area (Å²) in [5.74, 6) is -1.10. The molecule has 3 rings (SSSR count). The highest BCUT2D eigenvalue weighted by Crippen LogP contribution is 2.30. The number of nitrogens with zero attached hydrogens (tertiary/aromatic N) is 3. The molecule has 0 radical (unpaired) electrons. The van der Waals surface area contributed by atoms with Crippen LogP contribution in [0.5, 0.6) is 0 Å². The SMILES string of the molecule is Cc1ccc(C(=O)[C@@H](C#N)c2nc(-c3ccc(C#N)cc3)cs2)s1. The summed E-state index contributed by atoms with van der Waals surface area (Å²) in [6.45, 7) is 1.93. The lowest BCUT2D eigenvalue weighted by atomic mass is 10.1. The van der Waals surface area contributed by atoms with Crippen LogP contribution in [0.4, 0.5) is 0 Å². The molecule has 1 atom stereocenters. The molecule has 6 heteroatoms. The minimum atomic E-state index is -0.889. The third kappa shape index (κ3) is 3.11. The Kier molecular flexibility index (Phi) is 4.52. The molecule has 0 saturated carbocycles. The van der Waals surface area contributed by atoms with Gasteiger partial charge in [0.25, 0.3) is 0 Å². The van der Waals surface area contributed by atoms with Crippen molar-refractivity contribution < 1.29 is 4.79 Å². The molecule has 0 N–H and O–H groups in total. The largest absolute Gasteiger partial charge is 0.291 e. The minimum absolute atomic E-state index is 0.212. The van der Waals surface area contributed by atoms with E-state index in [9.17, 15) is 10.1 Å². The Labute approximate surface area is 147 Å². The molecule has 3 aromatic rings. The van der Waals surface area contributed by atoms with E-state index in [1.54, 1.807) is 18.2 Å². The van der Waals surface area contributed by atoms with Crippen LogP contribution in [-0.4, -0.2) is 10.8 Å². The second-order valence-electron chi connectivity index (χ2n) is 5.10. The van der Waals surface area contributed by atoms with Gasteiger partial charge in [0.15, 0.2) is 11.7 Å². The first-order valence-corrected chi connectivity index (χ1v) is 8.78. The zero-order chi connectivity index (χ0) is 17.1. The fraction of sp³-hybridized carbons (Fsp3) is 0.111. The van der Waals surface area contributed by atoms with Gasteiger partial charge in [-0.25, -0.2) is 4.98 Å². The predicted molar refractivity (Wildman–Crippen MR) is 94.0 cm³/mol. The molecule has 0 unspecified atom stereocenters. The standard InChI is InChI=1S/C18H11N3OS2/c1-11-2-7-16(24-11)17(22)14(9-20)18-21-15(10-23-18)13-5-3-12(8-19)4-6-13/h2-7,10,14H,1H3/t14-/m1/s1. The summed E-state index contributed by atoms with van der Waals surface area (Å²) in [7, 11) is 0. The number of thiophene rings is 1. The van der Waals surface area contributed by atoms with Gasteiger partial charge in [-0.2, -0.15) is 10.5 Å². The molecule has 2 aromatic heterocycles. The molecular weight excluding hydrogens is 338 g/mol. The highest BCUT2D eigenvalue weighted by atomic mass is 32.1. The van der Waals surface area contributed by atoms with Crippen LogP contribution in [0, 0.1) is 29.6 Å². The second kappa shape index (κ2) is 6.76.